The second-order valence-electron chi connectivity index (χ2n) is 6.97. The summed E-state index contributed by atoms with van der Waals surface area (Å²) in [4.78, 5) is 31.7. The lowest BCUT2D eigenvalue weighted by Crippen LogP contribution is -2.40. The Morgan fingerprint density at radius 3 is 2.63 bits per heavy atom. The highest BCUT2D eigenvalue weighted by atomic mass is 32.2. The first kappa shape index (κ1) is 19.4. The Hall–Kier alpha value is -2.34. The number of aliphatic imine (C=N–C) groups is 1. The van der Waals surface area contributed by atoms with E-state index < -0.39 is 12.0 Å². The third-order valence-corrected chi connectivity index (χ3v) is 5.78. The van der Waals surface area contributed by atoms with E-state index >= 15 is 0 Å². The molecule has 2 unspecified atom stereocenters. The van der Waals surface area contributed by atoms with Crippen LogP contribution in [0.3, 0.4) is 0 Å². The van der Waals surface area contributed by atoms with Gasteiger partial charge in [-0.15, -0.1) is 0 Å². The van der Waals surface area contributed by atoms with Gasteiger partial charge >= 0.3 is 5.97 Å². The van der Waals surface area contributed by atoms with E-state index in [4.69, 9.17) is 4.74 Å². The van der Waals surface area contributed by atoms with Crippen LogP contribution in [0.15, 0.2) is 53.2 Å². The summed E-state index contributed by atoms with van der Waals surface area (Å²) in [7, 11) is 0. The minimum Gasteiger partial charge on any atom is -0.458 e. The summed E-state index contributed by atoms with van der Waals surface area (Å²) in [5.41, 5.74) is 3.07. The van der Waals surface area contributed by atoms with Crippen molar-refractivity contribution >= 4 is 28.8 Å². The van der Waals surface area contributed by atoms with Gasteiger partial charge < -0.3 is 4.74 Å². The van der Waals surface area contributed by atoms with Gasteiger partial charge in [0.05, 0.1) is 22.6 Å². The lowest BCUT2D eigenvalue weighted by atomic mass is 9.92. The molecule has 0 aromatic heterocycles. The van der Waals surface area contributed by atoms with Gasteiger partial charge in [-0.2, -0.15) is 0 Å². The summed E-state index contributed by atoms with van der Waals surface area (Å²) in [6.45, 7) is 11.6. The molecule has 2 aliphatic rings. The van der Waals surface area contributed by atoms with E-state index in [1.165, 1.54) is 23.4 Å². The van der Waals surface area contributed by atoms with E-state index in [1.54, 1.807) is 11.8 Å². The van der Waals surface area contributed by atoms with Gasteiger partial charge in [0.1, 0.15) is 6.61 Å². The van der Waals surface area contributed by atoms with Crippen LogP contribution in [0.25, 0.3) is 0 Å². The number of hydrogen-bond donors (Lipinski definition) is 0. The number of benzene rings is 1. The standard InChI is InChI=1S/C21H24N2O3S/c1-6-11-26-20(25)17-13(4)22-21-23(19(24)14(5)27-21)18(17)16-9-7-15(8-10-16)12(2)3/h6-10,12,14,18H,1,11H2,2-5H3. The van der Waals surface area contributed by atoms with Crippen molar-refractivity contribution in [3.05, 3.63) is 59.3 Å². The van der Waals surface area contributed by atoms with Crippen molar-refractivity contribution in [1.82, 2.24) is 4.90 Å². The zero-order chi connectivity index (χ0) is 19.7. The molecule has 5 nitrogen and oxygen atoms in total. The molecule has 1 fully saturated rings. The van der Waals surface area contributed by atoms with Crippen LogP contribution >= 0.6 is 11.8 Å². The lowest BCUT2D eigenvalue weighted by Gasteiger charge is -2.33. The van der Waals surface area contributed by atoms with Crippen LogP contribution in [0, 0.1) is 0 Å². The van der Waals surface area contributed by atoms with Gasteiger partial charge in [0.2, 0.25) is 5.91 Å². The van der Waals surface area contributed by atoms with Gasteiger partial charge in [0.15, 0.2) is 5.17 Å². The van der Waals surface area contributed by atoms with E-state index in [0.29, 0.717) is 22.4 Å². The molecule has 142 valence electrons. The summed E-state index contributed by atoms with van der Waals surface area (Å²) >= 11 is 1.42. The average Bonchev–Trinajstić information content (AvgIpc) is 2.92. The smallest absolute Gasteiger partial charge is 0.338 e. The van der Waals surface area contributed by atoms with Crippen LogP contribution in [0.5, 0.6) is 0 Å². The Balaban J connectivity index is 2.08. The number of amidine groups is 1. The highest BCUT2D eigenvalue weighted by molar-refractivity contribution is 8.15. The highest BCUT2D eigenvalue weighted by Crippen LogP contribution is 2.43. The van der Waals surface area contributed by atoms with Crippen molar-refractivity contribution in [3.63, 3.8) is 0 Å². The number of hydrogen-bond acceptors (Lipinski definition) is 5. The van der Waals surface area contributed by atoms with Crippen molar-refractivity contribution in [2.24, 2.45) is 4.99 Å². The van der Waals surface area contributed by atoms with Crippen molar-refractivity contribution in [1.29, 1.82) is 0 Å². The van der Waals surface area contributed by atoms with Gasteiger partial charge in [0, 0.05) is 0 Å². The minimum atomic E-state index is -0.527. The maximum atomic E-state index is 12.8. The molecule has 0 bridgehead atoms. The molecule has 2 aliphatic heterocycles. The molecule has 0 saturated carbocycles. The molecule has 6 heteroatoms. The molecule has 0 spiro atoms. The van der Waals surface area contributed by atoms with Crippen molar-refractivity contribution in [2.75, 3.05) is 6.61 Å². The number of carbonyl (C=O) groups is 2. The second kappa shape index (κ2) is 7.72. The molecule has 1 saturated heterocycles. The van der Waals surface area contributed by atoms with Crippen LogP contribution in [0.1, 0.15) is 50.8 Å². The molecule has 3 rings (SSSR count). The number of amides is 1. The van der Waals surface area contributed by atoms with Crippen LogP contribution in [0.2, 0.25) is 0 Å². The third kappa shape index (κ3) is 3.58. The molecular formula is C21H24N2O3S. The molecule has 0 radical (unpaired) electrons. The number of rotatable bonds is 5. The maximum Gasteiger partial charge on any atom is 0.338 e. The van der Waals surface area contributed by atoms with Gasteiger partial charge in [0.25, 0.3) is 0 Å². The third-order valence-electron chi connectivity index (χ3n) is 4.73. The number of thioether (sulfide) groups is 1. The Bertz CT molecular complexity index is 839. The van der Waals surface area contributed by atoms with Crippen molar-refractivity contribution in [2.45, 2.75) is 44.9 Å². The summed E-state index contributed by atoms with van der Waals surface area (Å²) in [5, 5.41) is 0.417. The molecule has 27 heavy (non-hydrogen) atoms. The van der Waals surface area contributed by atoms with E-state index in [9.17, 15) is 9.59 Å². The largest absolute Gasteiger partial charge is 0.458 e. The molecule has 1 aromatic carbocycles. The van der Waals surface area contributed by atoms with E-state index in [2.05, 4.69) is 25.4 Å². The van der Waals surface area contributed by atoms with E-state index in [0.717, 1.165) is 5.56 Å². The number of esters is 1. The predicted octanol–water partition coefficient (Wildman–Crippen LogP) is 4.19. The monoisotopic (exact) mass is 384 g/mol. The van der Waals surface area contributed by atoms with E-state index in [1.807, 2.05) is 31.2 Å². The first-order chi connectivity index (χ1) is 12.8. The fourth-order valence-electron chi connectivity index (χ4n) is 3.25. The fourth-order valence-corrected chi connectivity index (χ4v) is 4.28. The van der Waals surface area contributed by atoms with Gasteiger partial charge in [-0.05, 0) is 30.9 Å². The number of nitrogens with zero attached hydrogens (tertiary/aromatic N) is 2. The summed E-state index contributed by atoms with van der Waals surface area (Å²) in [5.74, 6) is -0.107. The summed E-state index contributed by atoms with van der Waals surface area (Å²) in [6, 6.07) is 7.53. The number of allylic oxidation sites excluding steroid dienone is 1. The Morgan fingerprint density at radius 2 is 2.04 bits per heavy atom. The summed E-state index contributed by atoms with van der Waals surface area (Å²) in [6.07, 6.45) is 1.52. The van der Waals surface area contributed by atoms with Crippen LogP contribution in [-0.2, 0) is 14.3 Å². The van der Waals surface area contributed by atoms with Crippen molar-refractivity contribution in [3.8, 4) is 0 Å². The van der Waals surface area contributed by atoms with E-state index in [-0.39, 0.29) is 17.8 Å². The first-order valence-electron chi connectivity index (χ1n) is 9.02. The summed E-state index contributed by atoms with van der Waals surface area (Å²) < 4.78 is 5.30. The highest BCUT2D eigenvalue weighted by Gasteiger charge is 2.46. The van der Waals surface area contributed by atoms with Gasteiger partial charge in [-0.3, -0.25) is 9.69 Å². The molecule has 1 amide bonds. The Morgan fingerprint density at radius 1 is 1.37 bits per heavy atom. The average molecular weight is 385 g/mol. The quantitative estimate of drug-likeness (QED) is 0.564. The maximum absolute atomic E-state index is 12.8. The topological polar surface area (TPSA) is 59.0 Å². The molecule has 0 N–H and O–H groups in total. The number of carbonyl (C=O) groups excluding carboxylic acids is 2. The molecule has 0 aliphatic carbocycles. The first-order valence-corrected chi connectivity index (χ1v) is 9.90. The minimum absolute atomic E-state index is 0.0433. The van der Waals surface area contributed by atoms with Crippen LogP contribution in [-0.4, -0.2) is 33.8 Å². The number of ether oxygens (including phenoxy) is 1. The molecule has 2 heterocycles. The Kier molecular flexibility index (Phi) is 5.56. The van der Waals surface area contributed by atoms with Crippen molar-refractivity contribution < 1.29 is 14.3 Å². The lowest BCUT2D eigenvalue weighted by molar-refractivity contribution is -0.139. The zero-order valence-corrected chi connectivity index (χ0v) is 16.9. The fraction of sp³-hybridized carbons (Fsp3) is 0.381. The van der Waals surface area contributed by atoms with Crippen LogP contribution < -0.4 is 0 Å². The molecular weight excluding hydrogens is 360 g/mol. The zero-order valence-electron chi connectivity index (χ0n) is 16.1. The normalized spacial score (nSPS) is 22.0. The van der Waals surface area contributed by atoms with Crippen LogP contribution in [0.4, 0.5) is 0 Å². The Labute approximate surface area is 164 Å². The predicted molar refractivity (Wildman–Crippen MR) is 108 cm³/mol. The van der Waals surface area contributed by atoms with Gasteiger partial charge in [-0.25, -0.2) is 9.79 Å². The van der Waals surface area contributed by atoms with Gasteiger partial charge in [-0.1, -0.05) is 62.5 Å². The molecule has 1 aromatic rings. The second-order valence-corrected chi connectivity index (χ2v) is 8.28. The SMILES string of the molecule is C=CCOC(=O)C1=C(C)N=C2SC(C)C(=O)N2C1c1ccc(C(C)C)cc1. The number of fused-ring (bicyclic) bond motifs is 1. The molecule has 2 atom stereocenters.